The van der Waals surface area contributed by atoms with E-state index in [2.05, 4.69) is 25.8 Å². The number of aromatic nitrogens is 2. The number of benzene rings is 1. The summed E-state index contributed by atoms with van der Waals surface area (Å²) >= 11 is 9.14. The predicted molar refractivity (Wildman–Crippen MR) is 86.3 cm³/mol. The Balaban J connectivity index is 2.23. The summed E-state index contributed by atoms with van der Waals surface area (Å²) < 4.78 is 21.2. The Morgan fingerprint density at radius 3 is 2.86 bits per heavy atom. The number of hydrogen-bond donors (Lipinski definition) is 0. The van der Waals surface area contributed by atoms with Gasteiger partial charge in [0.05, 0.1) is 28.0 Å². The third kappa shape index (κ3) is 3.94. The molecule has 0 unspecified atom stereocenters. The third-order valence-electron chi connectivity index (χ3n) is 3.37. The Kier molecular flexibility index (Phi) is 5.98. The van der Waals surface area contributed by atoms with Crippen molar-refractivity contribution in [3.8, 4) is 0 Å². The molecule has 1 aromatic heterocycles. The van der Waals surface area contributed by atoms with Gasteiger partial charge in [0.15, 0.2) is 0 Å². The van der Waals surface area contributed by atoms with E-state index in [1.54, 1.807) is 13.2 Å². The van der Waals surface area contributed by atoms with E-state index < -0.39 is 0 Å². The molecule has 116 valence electrons. The SMILES string of the molecule is COCCN(C)CCn1c(CCl)nc2cc(Br)c(F)cc21. The molecule has 1 heterocycles. The van der Waals surface area contributed by atoms with Crippen LogP contribution in [0.2, 0.25) is 0 Å². The molecule has 0 saturated heterocycles. The molecule has 1 aromatic carbocycles. The molecule has 0 aliphatic rings. The zero-order chi connectivity index (χ0) is 15.4. The number of methoxy groups -OCH3 is 1. The summed E-state index contributed by atoms with van der Waals surface area (Å²) in [4.78, 5) is 6.62. The number of nitrogens with zero attached hydrogens (tertiary/aromatic N) is 3. The fourth-order valence-electron chi connectivity index (χ4n) is 2.15. The van der Waals surface area contributed by atoms with Gasteiger partial charge in [-0.2, -0.15) is 0 Å². The van der Waals surface area contributed by atoms with Gasteiger partial charge in [-0.05, 0) is 29.0 Å². The lowest BCUT2D eigenvalue weighted by Gasteiger charge is -2.17. The van der Waals surface area contributed by atoms with Gasteiger partial charge in [0.2, 0.25) is 0 Å². The van der Waals surface area contributed by atoms with Gasteiger partial charge in [-0.15, -0.1) is 11.6 Å². The maximum absolute atomic E-state index is 13.8. The molecule has 0 spiro atoms. The van der Waals surface area contributed by atoms with Crippen molar-refractivity contribution in [3.63, 3.8) is 0 Å². The fourth-order valence-corrected chi connectivity index (χ4v) is 2.69. The molecule has 0 fully saturated rings. The van der Waals surface area contributed by atoms with Crippen molar-refractivity contribution >= 4 is 38.6 Å². The number of likely N-dealkylation sites (N-methyl/N-ethyl adjacent to an activating group) is 1. The molecule has 0 N–H and O–H groups in total. The van der Waals surface area contributed by atoms with Crippen LogP contribution in [0.25, 0.3) is 11.0 Å². The van der Waals surface area contributed by atoms with Gasteiger partial charge < -0.3 is 14.2 Å². The van der Waals surface area contributed by atoms with Gasteiger partial charge >= 0.3 is 0 Å². The maximum Gasteiger partial charge on any atom is 0.139 e. The van der Waals surface area contributed by atoms with Crippen LogP contribution < -0.4 is 0 Å². The third-order valence-corrected chi connectivity index (χ3v) is 4.22. The van der Waals surface area contributed by atoms with Crippen molar-refractivity contribution in [1.82, 2.24) is 14.5 Å². The van der Waals surface area contributed by atoms with Crippen LogP contribution in [-0.4, -0.2) is 48.3 Å². The van der Waals surface area contributed by atoms with E-state index in [9.17, 15) is 4.39 Å². The summed E-state index contributed by atoms with van der Waals surface area (Å²) in [6.07, 6.45) is 0. The van der Waals surface area contributed by atoms with Crippen molar-refractivity contribution in [1.29, 1.82) is 0 Å². The van der Waals surface area contributed by atoms with Crippen molar-refractivity contribution in [2.24, 2.45) is 0 Å². The Hall–Kier alpha value is -0.690. The lowest BCUT2D eigenvalue weighted by molar-refractivity contribution is 0.159. The van der Waals surface area contributed by atoms with E-state index >= 15 is 0 Å². The van der Waals surface area contributed by atoms with Crippen molar-refractivity contribution in [3.05, 3.63) is 28.2 Å². The van der Waals surface area contributed by atoms with Gasteiger partial charge in [0.25, 0.3) is 0 Å². The van der Waals surface area contributed by atoms with Gasteiger partial charge in [-0.25, -0.2) is 9.37 Å². The van der Waals surface area contributed by atoms with Crippen LogP contribution >= 0.6 is 27.5 Å². The number of alkyl halides is 1. The number of halogens is 3. The second-order valence-corrected chi connectivity index (χ2v) is 5.99. The van der Waals surface area contributed by atoms with E-state index in [0.29, 0.717) is 23.5 Å². The molecule has 2 rings (SSSR count). The molecule has 2 aromatic rings. The van der Waals surface area contributed by atoms with Crippen molar-refractivity contribution < 1.29 is 9.13 Å². The molecule has 21 heavy (non-hydrogen) atoms. The Morgan fingerprint density at radius 1 is 1.43 bits per heavy atom. The molecule has 0 radical (unpaired) electrons. The summed E-state index contributed by atoms with van der Waals surface area (Å²) in [5.41, 5.74) is 1.52. The van der Waals surface area contributed by atoms with Crippen molar-refractivity contribution in [2.45, 2.75) is 12.4 Å². The maximum atomic E-state index is 13.8. The standard InChI is InChI=1S/C14H18BrClFN3O/c1-19(5-6-21-2)3-4-20-13-8-11(17)10(15)7-12(13)18-14(20)9-16/h7-8H,3-6,9H2,1-2H3. The molecular formula is C14H18BrClFN3O. The van der Waals surface area contributed by atoms with E-state index in [0.717, 1.165) is 29.9 Å². The number of ether oxygens (including phenoxy) is 1. The Morgan fingerprint density at radius 2 is 2.19 bits per heavy atom. The van der Waals surface area contributed by atoms with Crippen LogP contribution in [0.4, 0.5) is 4.39 Å². The summed E-state index contributed by atoms with van der Waals surface area (Å²) in [6, 6.07) is 3.18. The molecule has 0 amide bonds. The second-order valence-electron chi connectivity index (χ2n) is 4.86. The molecule has 0 aliphatic carbocycles. The molecule has 7 heteroatoms. The summed E-state index contributed by atoms with van der Waals surface area (Å²) in [6.45, 7) is 3.06. The zero-order valence-electron chi connectivity index (χ0n) is 12.1. The first-order valence-electron chi connectivity index (χ1n) is 6.64. The average Bonchev–Trinajstić information content (AvgIpc) is 2.80. The highest BCUT2D eigenvalue weighted by Gasteiger charge is 2.13. The average molecular weight is 379 g/mol. The van der Waals surface area contributed by atoms with Crippen LogP contribution in [0.15, 0.2) is 16.6 Å². The van der Waals surface area contributed by atoms with E-state index in [1.807, 2.05) is 11.6 Å². The Bertz CT molecular complexity index is 620. The second kappa shape index (κ2) is 7.54. The van der Waals surface area contributed by atoms with Gasteiger partial charge in [-0.3, -0.25) is 0 Å². The highest BCUT2D eigenvalue weighted by Crippen LogP contribution is 2.24. The molecule has 0 bridgehead atoms. The van der Waals surface area contributed by atoms with Crippen LogP contribution in [0.1, 0.15) is 5.82 Å². The molecule has 0 saturated carbocycles. The lowest BCUT2D eigenvalue weighted by Crippen LogP contribution is -2.27. The van der Waals surface area contributed by atoms with Gasteiger partial charge in [0, 0.05) is 32.8 Å². The van der Waals surface area contributed by atoms with E-state index in [1.165, 1.54) is 6.07 Å². The molecule has 0 aliphatic heterocycles. The van der Waals surface area contributed by atoms with Crippen LogP contribution in [-0.2, 0) is 17.2 Å². The monoisotopic (exact) mass is 377 g/mol. The number of rotatable bonds is 7. The fraction of sp³-hybridized carbons (Fsp3) is 0.500. The van der Waals surface area contributed by atoms with Gasteiger partial charge in [0.1, 0.15) is 11.6 Å². The number of imidazole rings is 1. The summed E-state index contributed by atoms with van der Waals surface area (Å²) in [7, 11) is 3.71. The first-order valence-corrected chi connectivity index (χ1v) is 7.97. The molecule has 4 nitrogen and oxygen atoms in total. The highest BCUT2D eigenvalue weighted by molar-refractivity contribution is 9.10. The van der Waals surface area contributed by atoms with Crippen LogP contribution in [0.5, 0.6) is 0 Å². The highest BCUT2D eigenvalue weighted by atomic mass is 79.9. The summed E-state index contributed by atoms with van der Waals surface area (Å²) in [5.74, 6) is 0.761. The smallest absolute Gasteiger partial charge is 0.139 e. The first kappa shape index (κ1) is 16.7. The summed E-state index contributed by atoms with van der Waals surface area (Å²) in [5, 5.41) is 0. The van der Waals surface area contributed by atoms with E-state index in [-0.39, 0.29) is 5.82 Å². The number of hydrogen-bond acceptors (Lipinski definition) is 3. The molecule has 0 atom stereocenters. The zero-order valence-corrected chi connectivity index (χ0v) is 14.4. The van der Waals surface area contributed by atoms with Crippen molar-refractivity contribution in [2.75, 3.05) is 33.9 Å². The Labute approximate surface area is 137 Å². The lowest BCUT2D eigenvalue weighted by atomic mass is 10.3. The van der Waals surface area contributed by atoms with E-state index in [4.69, 9.17) is 16.3 Å². The predicted octanol–water partition coefficient (Wildman–Crippen LogP) is 3.25. The minimum absolute atomic E-state index is 0.294. The largest absolute Gasteiger partial charge is 0.383 e. The normalized spacial score (nSPS) is 11.7. The van der Waals surface area contributed by atoms with Crippen LogP contribution in [0, 0.1) is 5.82 Å². The minimum atomic E-state index is -0.294. The molecular weight excluding hydrogens is 361 g/mol. The minimum Gasteiger partial charge on any atom is -0.383 e. The first-order chi connectivity index (χ1) is 10.1. The number of fused-ring (bicyclic) bond motifs is 1. The quantitative estimate of drug-likeness (QED) is 0.693. The topological polar surface area (TPSA) is 30.3 Å². The van der Waals surface area contributed by atoms with Gasteiger partial charge in [-0.1, -0.05) is 0 Å². The van der Waals surface area contributed by atoms with Crippen LogP contribution in [0.3, 0.4) is 0 Å².